The van der Waals surface area contributed by atoms with Crippen molar-refractivity contribution in [3.05, 3.63) is 52.3 Å². The van der Waals surface area contributed by atoms with E-state index in [2.05, 4.69) is 34.1 Å². The van der Waals surface area contributed by atoms with Gasteiger partial charge in [-0.25, -0.2) is 9.97 Å². The van der Waals surface area contributed by atoms with E-state index in [1.54, 1.807) is 12.3 Å². The molecule has 1 unspecified atom stereocenters. The summed E-state index contributed by atoms with van der Waals surface area (Å²) < 4.78 is 0. The zero-order valence-electron chi connectivity index (χ0n) is 15.9. The van der Waals surface area contributed by atoms with Gasteiger partial charge in [0.1, 0.15) is 11.6 Å². The van der Waals surface area contributed by atoms with Crippen molar-refractivity contribution in [3.63, 3.8) is 0 Å². The fourth-order valence-corrected chi connectivity index (χ4v) is 3.32. The van der Waals surface area contributed by atoms with Gasteiger partial charge < -0.3 is 15.2 Å². The van der Waals surface area contributed by atoms with Crippen molar-refractivity contribution in [2.75, 3.05) is 18.4 Å². The number of nitrogens with zero attached hydrogens (tertiary/aromatic N) is 3. The van der Waals surface area contributed by atoms with Gasteiger partial charge in [-0.05, 0) is 25.0 Å². The monoisotopic (exact) mass is 369 g/mol. The molecule has 0 aliphatic carbocycles. The molecule has 1 fully saturated rings. The molecule has 3 rings (SSSR count). The van der Waals surface area contributed by atoms with Gasteiger partial charge in [-0.15, -0.1) is 0 Å². The van der Waals surface area contributed by atoms with Gasteiger partial charge in [0, 0.05) is 49.1 Å². The van der Waals surface area contributed by atoms with Crippen molar-refractivity contribution < 1.29 is 4.79 Å². The first-order chi connectivity index (χ1) is 13.0. The van der Waals surface area contributed by atoms with Crippen molar-refractivity contribution in [2.24, 2.45) is 0 Å². The van der Waals surface area contributed by atoms with Crippen molar-refractivity contribution in [1.82, 2.24) is 19.9 Å². The first kappa shape index (κ1) is 19.1. The predicted molar refractivity (Wildman–Crippen MR) is 105 cm³/mol. The van der Waals surface area contributed by atoms with Crippen LogP contribution in [0.15, 0.2) is 35.4 Å². The van der Waals surface area contributed by atoms with E-state index in [-0.39, 0.29) is 23.4 Å². The van der Waals surface area contributed by atoms with E-state index in [0.717, 1.165) is 37.3 Å². The summed E-state index contributed by atoms with van der Waals surface area (Å²) in [6, 6.07) is 5.01. The van der Waals surface area contributed by atoms with E-state index in [9.17, 15) is 9.59 Å². The number of amides is 1. The molecule has 7 heteroatoms. The van der Waals surface area contributed by atoms with Crippen LogP contribution in [-0.2, 0) is 0 Å². The van der Waals surface area contributed by atoms with Crippen LogP contribution in [0.1, 0.15) is 61.6 Å². The molecule has 2 N–H and O–H groups in total. The number of pyridine rings is 1. The normalized spacial score (nSPS) is 18.0. The molecule has 0 aromatic carbocycles. The highest BCUT2D eigenvalue weighted by Crippen LogP contribution is 2.18. The molecule has 7 nitrogen and oxygen atoms in total. The Kier molecular flexibility index (Phi) is 6.21. The maximum absolute atomic E-state index is 12.9. The predicted octanol–water partition coefficient (Wildman–Crippen LogP) is 2.79. The van der Waals surface area contributed by atoms with Gasteiger partial charge in [0.2, 0.25) is 5.56 Å². The molecule has 0 radical (unpaired) electrons. The summed E-state index contributed by atoms with van der Waals surface area (Å²) >= 11 is 0. The van der Waals surface area contributed by atoms with Crippen LogP contribution in [0.4, 0.5) is 5.82 Å². The van der Waals surface area contributed by atoms with Gasteiger partial charge in [0.15, 0.2) is 0 Å². The van der Waals surface area contributed by atoms with Crippen molar-refractivity contribution in [1.29, 1.82) is 0 Å². The molecule has 2 aromatic rings. The second-order valence-corrected chi connectivity index (χ2v) is 7.34. The lowest BCUT2D eigenvalue weighted by Gasteiger charge is -2.31. The Balaban J connectivity index is 1.74. The number of rotatable bonds is 4. The molecule has 0 spiro atoms. The quantitative estimate of drug-likeness (QED) is 0.865. The van der Waals surface area contributed by atoms with Crippen LogP contribution < -0.4 is 10.9 Å². The van der Waals surface area contributed by atoms with Gasteiger partial charge >= 0.3 is 0 Å². The SMILES string of the molecule is CC(C)c1nccc(NC2CCCCCN(C(=O)c3cc[nH]c(=O)c3)C2)n1. The van der Waals surface area contributed by atoms with Crippen LogP contribution in [0.5, 0.6) is 0 Å². The lowest BCUT2D eigenvalue weighted by atomic mass is 10.0. The molecule has 1 aliphatic heterocycles. The molecule has 0 saturated carbocycles. The fraction of sp³-hybridized carbons (Fsp3) is 0.500. The minimum absolute atomic E-state index is 0.0969. The number of likely N-dealkylation sites (tertiary alicyclic amines) is 1. The molecular formula is C20H27N5O2. The molecule has 0 bridgehead atoms. The zero-order chi connectivity index (χ0) is 19.2. The second kappa shape index (κ2) is 8.79. The Morgan fingerprint density at radius 1 is 1.30 bits per heavy atom. The number of carbonyl (C=O) groups excluding carboxylic acids is 1. The summed E-state index contributed by atoms with van der Waals surface area (Å²) in [5.41, 5.74) is 0.173. The van der Waals surface area contributed by atoms with Crippen LogP contribution in [0.2, 0.25) is 0 Å². The molecule has 27 heavy (non-hydrogen) atoms. The number of hydrogen-bond acceptors (Lipinski definition) is 5. The summed E-state index contributed by atoms with van der Waals surface area (Å²) in [5, 5.41) is 3.48. The molecular weight excluding hydrogens is 342 g/mol. The van der Waals surface area contributed by atoms with Crippen molar-refractivity contribution in [2.45, 2.75) is 51.5 Å². The highest BCUT2D eigenvalue weighted by atomic mass is 16.2. The highest BCUT2D eigenvalue weighted by molar-refractivity contribution is 5.94. The average molecular weight is 369 g/mol. The molecule has 1 saturated heterocycles. The van der Waals surface area contributed by atoms with E-state index in [4.69, 9.17) is 0 Å². The van der Waals surface area contributed by atoms with Gasteiger partial charge in [-0.2, -0.15) is 0 Å². The molecule has 3 heterocycles. The van der Waals surface area contributed by atoms with Gasteiger partial charge in [0.25, 0.3) is 5.91 Å². The lowest BCUT2D eigenvalue weighted by Crippen LogP contribution is -2.42. The van der Waals surface area contributed by atoms with Gasteiger partial charge in [0.05, 0.1) is 0 Å². The number of aromatic amines is 1. The smallest absolute Gasteiger partial charge is 0.254 e. The Hall–Kier alpha value is -2.70. The third-order valence-corrected chi connectivity index (χ3v) is 4.77. The summed E-state index contributed by atoms with van der Waals surface area (Å²) in [5.74, 6) is 1.77. The molecule has 144 valence electrons. The van der Waals surface area contributed by atoms with Gasteiger partial charge in [-0.3, -0.25) is 9.59 Å². The number of carbonyl (C=O) groups is 1. The van der Waals surface area contributed by atoms with Crippen LogP contribution in [-0.4, -0.2) is 44.9 Å². The Morgan fingerprint density at radius 2 is 2.15 bits per heavy atom. The van der Waals surface area contributed by atoms with Crippen LogP contribution in [0.25, 0.3) is 0 Å². The van der Waals surface area contributed by atoms with Crippen LogP contribution in [0.3, 0.4) is 0 Å². The number of nitrogens with one attached hydrogen (secondary N) is 2. The Morgan fingerprint density at radius 3 is 2.93 bits per heavy atom. The largest absolute Gasteiger partial charge is 0.365 e. The zero-order valence-corrected chi connectivity index (χ0v) is 15.9. The second-order valence-electron chi connectivity index (χ2n) is 7.34. The summed E-state index contributed by atoms with van der Waals surface area (Å²) in [6.45, 7) is 5.42. The first-order valence-corrected chi connectivity index (χ1v) is 9.60. The first-order valence-electron chi connectivity index (χ1n) is 9.60. The fourth-order valence-electron chi connectivity index (χ4n) is 3.32. The average Bonchev–Trinajstić information content (AvgIpc) is 2.63. The lowest BCUT2D eigenvalue weighted by molar-refractivity contribution is 0.0735. The minimum Gasteiger partial charge on any atom is -0.365 e. The van der Waals surface area contributed by atoms with Crippen LogP contribution >= 0.6 is 0 Å². The van der Waals surface area contributed by atoms with Crippen molar-refractivity contribution in [3.8, 4) is 0 Å². The van der Waals surface area contributed by atoms with E-state index >= 15 is 0 Å². The third-order valence-electron chi connectivity index (χ3n) is 4.77. The van der Waals surface area contributed by atoms with Gasteiger partial charge in [-0.1, -0.05) is 26.7 Å². The molecule has 2 aromatic heterocycles. The molecule has 1 atom stereocenters. The number of aromatic nitrogens is 3. The maximum atomic E-state index is 12.9. The van der Waals surface area contributed by atoms with Crippen molar-refractivity contribution >= 4 is 11.7 Å². The van der Waals surface area contributed by atoms with E-state index in [0.29, 0.717) is 18.7 Å². The Bertz CT molecular complexity index is 833. The van der Waals surface area contributed by atoms with E-state index < -0.39 is 0 Å². The maximum Gasteiger partial charge on any atom is 0.254 e. The van der Waals surface area contributed by atoms with E-state index in [1.165, 1.54) is 12.3 Å². The summed E-state index contributed by atoms with van der Waals surface area (Å²) in [7, 11) is 0. The topological polar surface area (TPSA) is 91.0 Å². The van der Waals surface area contributed by atoms with E-state index in [1.807, 2.05) is 11.0 Å². The standard InChI is InChI=1S/C20H27N5O2/c1-14(2)19-22-10-8-17(24-19)23-16-6-4-3-5-11-25(13-16)20(27)15-7-9-21-18(26)12-15/h7-10,12,14,16H,3-6,11,13H2,1-2H3,(H,21,26)(H,22,23,24). The minimum atomic E-state index is -0.259. The molecule has 1 amide bonds. The molecule has 1 aliphatic rings. The van der Waals surface area contributed by atoms with Crippen LogP contribution in [0, 0.1) is 0 Å². The number of anilines is 1. The number of hydrogen-bond donors (Lipinski definition) is 2. The third kappa shape index (κ3) is 5.15. The Labute approximate surface area is 159 Å². The number of H-pyrrole nitrogens is 1. The summed E-state index contributed by atoms with van der Waals surface area (Å²) in [4.78, 5) is 37.7. The summed E-state index contributed by atoms with van der Waals surface area (Å²) in [6.07, 6.45) is 7.44. The highest BCUT2D eigenvalue weighted by Gasteiger charge is 2.22.